The van der Waals surface area contributed by atoms with Gasteiger partial charge in [0.2, 0.25) is 0 Å². The Labute approximate surface area is 109 Å². The lowest BCUT2D eigenvalue weighted by Gasteiger charge is -2.30. The Morgan fingerprint density at radius 3 is 3.00 bits per heavy atom. The third-order valence-electron chi connectivity index (χ3n) is 3.02. The number of hydrogen-bond donors (Lipinski definition) is 1. The van der Waals surface area contributed by atoms with Crippen LogP contribution < -0.4 is 10.5 Å². The molecule has 0 saturated carbocycles. The van der Waals surface area contributed by atoms with Crippen molar-refractivity contribution in [3.63, 3.8) is 0 Å². The zero-order chi connectivity index (χ0) is 11.8. The van der Waals surface area contributed by atoms with Crippen molar-refractivity contribution >= 4 is 22.9 Å². The van der Waals surface area contributed by atoms with Crippen LogP contribution in [0.5, 0.6) is 5.75 Å². The van der Waals surface area contributed by atoms with Gasteiger partial charge < -0.3 is 10.5 Å². The maximum atomic E-state index is 6.18. The number of fused-ring (bicyclic) bond motifs is 1. The van der Waals surface area contributed by atoms with Crippen LogP contribution in [0.1, 0.15) is 29.7 Å². The number of thiophene rings is 1. The van der Waals surface area contributed by atoms with Crippen molar-refractivity contribution in [1.29, 1.82) is 0 Å². The van der Waals surface area contributed by atoms with Gasteiger partial charge in [0.1, 0.15) is 11.9 Å². The van der Waals surface area contributed by atoms with E-state index in [0.717, 1.165) is 17.7 Å². The fourth-order valence-electron chi connectivity index (χ4n) is 2.14. The molecule has 0 fully saturated rings. The summed E-state index contributed by atoms with van der Waals surface area (Å²) < 4.78 is 5.97. The first-order valence-electron chi connectivity index (χ1n) is 5.48. The normalized spacial score (nSPS) is 22.9. The molecule has 0 saturated heterocycles. The second kappa shape index (κ2) is 4.33. The first-order chi connectivity index (χ1) is 8.24. The largest absolute Gasteiger partial charge is 0.485 e. The zero-order valence-electron chi connectivity index (χ0n) is 9.10. The number of nitrogens with two attached hydrogens (primary N) is 1. The van der Waals surface area contributed by atoms with Gasteiger partial charge in [0.05, 0.1) is 0 Å². The summed E-state index contributed by atoms with van der Waals surface area (Å²) in [7, 11) is 0. The van der Waals surface area contributed by atoms with Gasteiger partial charge in [-0.2, -0.15) is 11.3 Å². The predicted molar refractivity (Wildman–Crippen MR) is 70.7 cm³/mol. The number of ether oxygens (including phenoxy) is 1. The SMILES string of the molecule is N[C@H]1CC(c2ccsc2)Oc2ccc(Cl)cc21. The van der Waals surface area contributed by atoms with E-state index in [4.69, 9.17) is 22.1 Å². The van der Waals surface area contributed by atoms with E-state index < -0.39 is 0 Å². The summed E-state index contributed by atoms with van der Waals surface area (Å²) >= 11 is 7.64. The fourth-order valence-corrected chi connectivity index (χ4v) is 3.02. The van der Waals surface area contributed by atoms with E-state index in [1.165, 1.54) is 5.56 Å². The number of benzene rings is 1. The van der Waals surface area contributed by atoms with Crippen molar-refractivity contribution in [3.8, 4) is 5.75 Å². The lowest BCUT2D eigenvalue weighted by atomic mass is 9.95. The van der Waals surface area contributed by atoms with Crippen LogP contribution in [-0.4, -0.2) is 0 Å². The van der Waals surface area contributed by atoms with Crippen molar-refractivity contribution < 1.29 is 4.74 Å². The van der Waals surface area contributed by atoms with E-state index in [0.29, 0.717) is 5.02 Å². The van der Waals surface area contributed by atoms with Crippen LogP contribution in [0.3, 0.4) is 0 Å². The van der Waals surface area contributed by atoms with Crippen LogP contribution >= 0.6 is 22.9 Å². The van der Waals surface area contributed by atoms with Crippen LogP contribution in [0.2, 0.25) is 5.02 Å². The molecular weight excluding hydrogens is 254 g/mol. The molecule has 1 aliphatic heterocycles. The summed E-state index contributed by atoms with van der Waals surface area (Å²) in [4.78, 5) is 0. The molecule has 0 radical (unpaired) electrons. The van der Waals surface area contributed by atoms with E-state index in [1.807, 2.05) is 18.2 Å². The topological polar surface area (TPSA) is 35.2 Å². The lowest BCUT2D eigenvalue weighted by Crippen LogP contribution is -2.23. The Morgan fingerprint density at radius 1 is 1.35 bits per heavy atom. The van der Waals surface area contributed by atoms with Crippen molar-refractivity contribution in [1.82, 2.24) is 0 Å². The summed E-state index contributed by atoms with van der Waals surface area (Å²) in [5.41, 5.74) is 8.38. The average Bonchev–Trinajstić information content (AvgIpc) is 2.83. The lowest BCUT2D eigenvalue weighted by molar-refractivity contribution is 0.162. The maximum absolute atomic E-state index is 6.18. The van der Waals surface area contributed by atoms with E-state index in [1.54, 1.807) is 11.3 Å². The molecule has 2 heterocycles. The molecule has 1 aliphatic rings. The molecule has 0 bridgehead atoms. The van der Waals surface area contributed by atoms with Gasteiger partial charge in [-0.05, 0) is 35.0 Å². The average molecular weight is 266 g/mol. The molecule has 2 nitrogen and oxygen atoms in total. The summed E-state index contributed by atoms with van der Waals surface area (Å²) in [5.74, 6) is 0.851. The Bertz CT molecular complexity index is 526. The smallest absolute Gasteiger partial charge is 0.126 e. The Balaban J connectivity index is 1.96. The van der Waals surface area contributed by atoms with Gasteiger partial charge in [-0.1, -0.05) is 11.6 Å². The molecule has 0 spiro atoms. The Hall–Kier alpha value is -1.03. The summed E-state index contributed by atoms with van der Waals surface area (Å²) in [6.45, 7) is 0. The second-order valence-electron chi connectivity index (χ2n) is 4.19. The van der Waals surface area contributed by atoms with Crippen LogP contribution in [0, 0.1) is 0 Å². The number of halogens is 1. The van der Waals surface area contributed by atoms with Gasteiger partial charge in [-0.3, -0.25) is 0 Å². The molecule has 0 aliphatic carbocycles. The summed E-state index contributed by atoms with van der Waals surface area (Å²) in [5, 5.41) is 4.87. The first-order valence-corrected chi connectivity index (χ1v) is 6.80. The van der Waals surface area contributed by atoms with Gasteiger partial charge in [-0.15, -0.1) is 0 Å². The molecule has 2 atom stereocenters. The summed E-state index contributed by atoms with van der Waals surface area (Å²) in [6.07, 6.45) is 0.856. The monoisotopic (exact) mass is 265 g/mol. The molecule has 2 aromatic rings. The van der Waals surface area contributed by atoms with E-state index in [2.05, 4.69) is 16.8 Å². The number of hydrogen-bond acceptors (Lipinski definition) is 3. The van der Waals surface area contributed by atoms with Gasteiger partial charge in [0.25, 0.3) is 0 Å². The van der Waals surface area contributed by atoms with Crippen LogP contribution in [0.25, 0.3) is 0 Å². The molecule has 2 N–H and O–H groups in total. The van der Waals surface area contributed by atoms with E-state index >= 15 is 0 Å². The van der Waals surface area contributed by atoms with Crippen molar-refractivity contribution in [2.24, 2.45) is 5.73 Å². The van der Waals surface area contributed by atoms with Crippen LogP contribution in [0.15, 0.2) is 35.0 Å². The standard InChI is InChI=1S/C13H12ClNOS/c14-9-1-2-12-10(5-9)11(15)6-13(16-12)8-3-4-17-7-8/h1-5,7,11,13H,6,15H2/t11-,13?/m0/s1. The zero-order valence-corrected chi connectivity index (χ0v) is 10.7. The van der Waals surface area contributed by atoms with Crippen molar-refractivity contribution in [2.45, 2.75) is 18.6 Å². The van der Waals surface area contributed by atoms with Gasteiger partial charge in [0.15, 0.2) is 0 Å². The molecule has 4 heteroatoms. The molecule has 17 heavy (non-hydrogen) atoms. The summed E-state index contributed by atoms with van der Waals surface area (Å²) in [6, 6.07) is 7.70. The van der Waals surface area contributed by atoms with E-state index in [9.17, 15) is 0 Å². The number of rotatable bonds is 1. The minimum atomic E-state index is -0.0117. The Morgan fingerprint density at radius 2 is 2.24 bits per heavy atom. The molecule has 1 unspecified atom stereocenters. The van der Waals surface area contributed by atoms with Crippen molar-refractivity contribution in [3.05, 3.63) is 51.2 Å². The molecule has 88 valence electrons. The minimum Gasteiger partial charge on any atom is -0.485 e. The molecule has 1 aromatic heterocycles. The van der Waals surface area contributed by atoms with Crippen LogP contribution in [0.4, 0.5) is 0 Å². The van der Waals surface area contributed by atoms with E-state index in [-0.39, 0.29) is 12.1 Å². The highest BCUT2D eigenvalue weighted by molar-refractivity contribution is 7.07. The second-order valence-corrected chi connectivity index (χ2v) is 5.40. The molecular formula is C13H12ClNOS. The predicted octanol–water partition coefficient (Wildman–Crippen LogP) is 3.93. The maximum Gasteiger partial charge on any atom is 0.126 e. The molecule has 3 rings (SSSR count). The first kappa shape index (κ1) is 11.1. The van der Waals surface area contributed by atoms with Gasteiger partial charge in [0, 0.05) is 28.6 Å². The highest BCUT2D eigenvalue weighted by Crippen LogP contribution is 2.40. The van der Waals surface area contributed by atoms with Crippen molar-refractivity contribution in [2.75, 3.05) is 0 Å². The molecule has 0 amide bonds. The van der Waals surface area contributed by atoms with Gasteiger partial charge in [-0.25, -0.2) is 0 Å². The van der Waals surface area contributed by atoms with Crippen LogP contribution in [-0.2, 0) is 0 Å². The van der Waals surface area contributed by atoms with Gasteiger partial charge >= 0.3 is 0 Å². The molecule has 1 aromatic carbocycles. The highest BCUT2D eigenvalue weighted by Gasteiger charge is 2.27. The quantitative estimate of drug-likeness (QED) is 0.848. The third kappa shape index (κ3) is 2.06. The fraction of sp³-hybridized carbons (Fsp3) is 0.231. The minimum absolute atomic E-state index is 0.0117. The third-order valence-corrected chi connectivity index (χ3v) is 3.96. The Kier molecular flexibility index (Phi) is 2.82. The highest BCUT2D eigenvalue weighted by atomic mass is 35.5.